The van der Waals surface area contributed by atoms with Crippen LogP contribution in [0.5, 0.6) is 0 Å². The Morgan fingerprint density at radius 3 is 2.33 bits per heavy atom. The summed E-state index contributed by atoms with van der Waals surface area (Å²) in [5, 5.41) is 0. The second-order valence-corrected chi connectivity index (χ2v) is 8.31. The Hall–Kier alpha value is -4.12. The minimum Gasteiger partial charge on any atom is -0.345 e. The van der Waals surface area contributed by atoms with Gasteiger partial charge in [0.2, 0.25) is 5.91 Å². The molecule has 2 amide bonds. The monoisotopic (exact) mass is 435 g/mol. The standard InChI is InChI=1S/C28H25N3O2/c1-29(27(32)18-21-8-3-2-4-9-21)24-15-13-22(14-16-24)28(33)31-20-25-11-7-17-30(25)19-23-10-5-6-12-26(23)31/h2-17H,18-20H2,1H3. The number of para-hydroxylation sites is 1. The molecule has 33 heavy (non-hydrogen) atoms. The number of aromatic nitrogens is 1. The molecule has 4 aromatic rings. The highest BCUT2D eigenvalue weighted by Crippen LogP contribution is 2.29. The van der Waals surface area contributed by atoms with Gasteiger partial charge in [0.15, 0.2) is 0 Å². The summed E-state index contributed by atoms with van der Waals surface area (Å²) in [7, 11) is 1.77. The zero-order valence-electron chi connectivity index (χ0n) is 18.5. The van der Waals surface area contributed by atoms with E-state index in [2.05, 4.69) is 22.9 Å². The van der Waals surface area contributed by atoms with Crippen LogP contribution in [0.3, 0.4) is 0 Å². The van der Waals surface area contributed by atoms with Crippen molar-refractivity contribution in [2.45, 2.75) is 19.5 Å². The van der Waals surface area contributed by atoms with Gasteiger partial charge in [-0.05, 0) is 53.6 Å². The molecule has 164 valence electrons. The van der Waals surface area contributed by atoms with E-state index in [0.717, 1.165) is 34.7 Å². The highest BCUT2D eigenvalue weighted by atomic mass is 16.2. The smallest absolute Gasteiger partial charge is 0.258 e. The normalized spacial score (nSPS) is 12.5. The van der Waals surface area contributed by atoms with Crippen LogP contribution in [0.4, 0.5) is 11.4 Å². The lowest BCUT2D eigenvalue weighted by Crippen LogP contribution is -2.31. The van der Waals surface area contributed by atoms with Gasteiger partial charge in [-0.1, -0.05) is 48.5 Å². The van der Waals surface area contributed by atoms with E-state index in [4.69, 9.17) is 0 Å². The lowest BCUT2D eigenvalue weighted by Gasteiger charge is -2.23. The van der Waals surface area contributed by atoms with Crippen LogP contribution in [0, 0.1) is 0 Å². The van der Waals surface area contributed by atoms with Crippen molar-refractivity contribution in [3.63, 3.8) is 0 Å². The highest BCUT2D eigenvalue weighted by molar-refractivity contribution is 6.07. The molecule has 5 rings (SSSR count). The van der Waals surface area contributed by atoms with Crippen LogP contribution >= 0.6 is 0 Å². The Labute approximate surface area is 193 Å². The van der Waals surface area contributed by atoms with E-state index < -0.39 is 0 Å². The number of anilines is 2. The molecule has 5 nitrogen and oxygen atoms in total. The van der Waals surface area contributed by atoms with Gasteiger partial charge in [-0.25, -0.2) is 0 Å². The van der Waals surface area contributed by atoms with Gasteiger partial charge in [0.1, 0.15) is 0 Å². The van der Waals surface area contributed by atoms with Crippen LogP contribution in [0.15, 0.2) is 97.2 Å². The van der Waals surface area contributed by atoms with Gasteiger partial charge in [0.05, 0.1) is 13.0 Å². The highest BCUT2D eigenvalue weighted by Gasteiger charge is 2.25. The first-order valence-corrected chi connectivity index (χ1v) is 11.0. The van der Waals surface area contributed by atoms with Crippen LogP contribution in [0.25, 0.3) is 0 Å². The van der Waals surface area contributed by atoms with Crippen LogP contribution in [0.2, 0.25) is 0 Å². The molecule has 1 aliphatic rings. The zero-order valence-corrected chi connectivity index (χ0v) is 18.5. The number of nitrogens with zero attached hydrogens (tertiary/aromatic N) is 3. The average molecular weight is 436 g/mol. The van der Waals surface area contributed by atoms with E-state index in [9.17, 15) is 9.59 Å². The average Bonchev–Trinajstić information content (AvgIpc) is 3.23. The van der Waals surface area contributed by atoms with E-state index in [1.165, 1.54) is 0 Å². The summed E-state index contributed by atoms with van der Waals surface area (Å²) < 4.78 is 2.18. The zero-order chi connectivity index (χ0) is 22.8. The first-order valence-electron chi connectivity index (χ1n) is 11.0. The van der Waals surface area contributed by atoms with E-state index in [0.29, 0.717) is 18.5 Å². The number of benzene rings is 3. The number of carbonyl (C=O) groups is 2. The summed E-state index contributed by atoms with van der Waals surface area (Å²) >= 11 is 0. The van der Waals surface area contributed by atoms with Crippen molar-refractivity contribution in [1.29, 1.82) is 0 Å². The van der Waals surface area contributed by atoms with Crippen molar-refractivity contribution in [2.75, 3.05) is 16.8 Å². The number of fused-ring (bicyclic) bond motifs is 2. The van der Waals surface area contributed by atoms with Gasteiger partial charge in [-0.3, -0.25) is 9.59 Å². The maximum absolute atomic E-state index is 13.5. The minimum atomic E-state index is -0.0538. The maximum Gasteiger partial charge on any atom is 0.258 e. The van der Waals surface area contributed by atoms with Crippen LogP contribution in [0.1, 0.15) is 27.2 Å². The fraction of sp³-hybridized carbons (Fsp3) is 0.143. The van der Waals surface area contributed by atoms with E-state index in [-0.39, 0.29) is 11.8 Å². The van der Waals surface area contributed by atoms with Gasteiger partial charge in [0.25, 0.3) is 5.91 Å². The molecule has 2 heterocycles. The number of amides is 2. The van der Waals surface area contributed by atoms with Crippen molar-refractivity contribution in [2.24, 2.45) is 0 Å². The van der Waals surface area contributed by atoms with Crippen molar-refractivity contribution >= 4 is 23.2 Å². The predicted octanol–water partition coefficient (Wildman–Crippen LogP) is 4.90. The van der Waals surface area contributed by atoms with Gasteiger partial charge in [0, 0.05) is 42.4 Å². The number of hydrogen-bond acceptors (Lipinski definition) is 2. The molecule has 0 atom stereocenters. The molecule has 0 unspecified atom stereocenters. The summed E-state index contributed by atoms with van der Waals surface area (Å²) in [5.74, 6) is -0.0515. The Kier molecular flexibility index (Phi) is 5.53. The van der Waals surface area contributed by atoms with E-state index in [1.54, 1.807) is 24.1 Å². The fourth-order valence-electron chi connectivity index (χ4n) is 4.28. The van der Waals surface area contributed by atoms with E-state index in [1.807, 2.05) is 71.6 Å². The third kappa shape index (κ3) is 4.17. The topological polar surface area (TPSA) is 45.6 Å². The Morgan fingerprint density at radius 2 is 1.55 bits per heavy atom. The molecule has 0 fully saturated rings. The summed E-state index contributed by atoms with van der Waals surface area (Å²) in [5.41, 5.74) is 5.48. The Morgan fingerprint density at radius 1 is 0.818 bits per heavy atom. The molecule has 0 radical (unpaired) electrons. The summed E-state index contributed by atoms with van der Waals surface area (Å²) in [6.07, 6.45) is 2.39. The summed E-state index contributed by atoms with van der Waals surface area (Å²) in [4.78, 5) is 29.7. The van der Waals surface area contributed by atoms with Crippen molar-refractivity contribution in [3.8, 4) is 0 Å². The van der Waals surface area contributed by atoms with Crippen LogP contribution < -0.4 is 9.80 Å². The third-order valence-corrected chi connectivity index (χ3v) is 6.19. The first kappa shape index (κ1) is 20.8. The molecular formula is C28H25N3O2. The molecular weight excluding hydrogens is 410 g/mol. The molecule has 1 aromatic heterocycles. The lowest BCUT2D eigenvalue weighted by atomic mass is 10.1. The second kappa shape index (κ2) is 8.79. The Bertz CT molecular complexity index is 1290. The molecule has 0 bridgehead atoms. The van der Waals surface area contributed by atoms with E-state index >= 15 is 0 Å². The van der Waals surface area contributed by atoms with Crippen molar-refractivity contribution in [3.05, 3.63) is 120 Å². The van der Waals surface area contributed by atoms with Gasteiger partial charge in [-0.15, -0.1) is 0 Å². The molecule has 3 aromatic carbocycles. The number of rotatable bonds is 4. The number of hydrogen-bond donors (Lipinski definition) is 0. The first-order chi connectivity index (χ1) is 16.1. The number of carbonyl (C=O) groups excluding carboxylic acids is 2. The maximum atomic E-state index is 13.5. The SMILES string of the molecule is CN(C(=O)Cc1ccccc1)c1ccc(C(=O)N2Cc3cccn3Cc3ccccc32)cc1. The molecule has 0 spiro atoms. The van der Waals surface area contributed by atoms with Crippen molar-refractivity contribution in [1.82, 2.24) is 4.57 Å². The fourth-order valence-corrected chi connectivity index (χ4v) is 4.28. The second-order valence-electron chi connectivity index (χ2n) is 8.31. The molecule has 5 heteroatoms. The van der Waals surface area contributed by atoms with Gasteiger partial charge in [-0.2, -0.15) is 0 Å². The predicted molar refractivity (Wildman–Crippen MR) is 130 cm³/mol. The summed E-state index contributed by atoms with van der Waals surface area (Å²) in [6, 6.07) is 29.1. The minimum absolute atomic E-state index is 0.00230. The molecule has 0 N–H and O–H groups in total. The van der Waals surface area contributed by atoms with Crippen LogP contribution in [-0.4, -0.2) is 23.4 Å². The number of likely N-dealkylation sites (N-methyl/N-ethyl adjacent to an activating group) is 1. The molecule has 0 aliphatic carbocycles. The lowest BCUT2D eigenvalue weighted by molar-refractivity contribution is -0.117. The van der Waals surface area contributed by atoms with Gasteiger partial charge < -0.3 is 14.4 Å². The largest absolute Gasteiger partial charge is 0.345 e. The third-order valence-electron chi connectivity index (χ3n) is 6.19. The van der Waals surface area contributed by atoms with Gasteiger partial charge >= 0.3 is 0 Å². The van der Waals surface area contributed by atoms with Crippen molar-refractivity contribution < 1.29 is 9.59 Å². The summed E-state index contributed by atoms with van der Waals surface area (Å²) in [6.45, 7) is 1.26. The molecule has 0 saturated carbocycles. The molecule has 0 saturated heterocycles. The molecule has 1 aliphatic heterocycles. The quantitative estimate of drug-likeness (QED) is 0.458. The van der Waals surface area contributed by atoms with Crippen LogP contribution in [-0.2, 0) is 24.3 Å². The Balaban J connectivity index is 1.37.